The second-order valence-electron chi connectivity index (χ2n) is 11.2. The van der Waals surface area contributed by atoms with Crippen LogP contribution in [0.1, 0.15) is 54.4 Å². The highest BCUT2D eigenvalue weighted by atomic mass is 28.4. The van der Waals surface area contributed by atoms with Crippen LogP contribution in [0.25, 0.3) is 0 Å². The molecule has 0 radical (unpaired) electrons. The quantitative estimate of drug-likeness (QED) is 0.249. The van der Waals surface area contributed by atoms with Crippen LogP contribution in [-0.2, 0) is 23.4 Å². The molecule has 0 unspecified atom stereocenters. The highest BCUT2D eigenvalue weighted by molar-refractivity contribution is 6.99. The Hall–Kier alpha value is -2.25. The molecule has 0 amide bonds. The van der Waals surface area contributed by atoms with Gasteiger partial charge in [0, 0.05) is 6.42 Å². The summed E-state index contributed by atoms with van der Waals surface area (Å²) in [5.74, 6) is -0.698. The maximum atomic E-state index is 11.6. The summed E-state index contributed by atoms with van der Waals surface area (Å²) < 4.78 is 24.5. The van der Waals surface area contributed by atoms with E-state index in [1.807, 2.05) is 20.8 Å². The third kappa shape index (κ3) is 6.74. The first-order valence-electron chi connectivity index (χ1n) is 12.8. The van der Waals surface area contributed by atoms with E-state index in [0.717, 1.165) is 6.42 Å². The average molecular weight is 511 g/mol. The molecular weight excluding hydrogens is 468 g/mol. The van der Waals surface area contributed by atoms with E-state index in [4.69, 9.17) is 18.6 Å². The summed E-state index contributed by atoms with van der Waals surface area (Å²) in [6, 6.07) is 21.2. The summed E-state index contributed by atoms with van der Waals surface area (Å²) in [5, 5.41) is 2.37. The minimum Gasteiger partial charge on any atom is -0.469 e. The van der Waals surface area contributed by atoms with Gasteiger partial charge in [0.05, 0.1) is 13.7 Å². The fourth-order valence-corrected chi connectivity index (χ4v) is 9.59. The normalized spacial score (nSPS) is 21.0. The number of methoxy groups -OCH3 is 1. The van der Waals surface area contributed by atoms with E-state index < -0.39 is 14.1 Å². The lowest BCUT2D eigenvalue weighted by molar-refractivity contribution is -0.145. The van der Waals surface area contributed by atoms with E-state index >= 15 is 0 Å². The van der Waals surface area contributed by atoms with Gasteiger partial charge < -0.3 is 18.6 Å². The largest absolute Gasteiger partial charge is 0.469 e. The molecule has 3 atom stereocenters. The van der Waals surface area contributed by atoms with Gasteiger partial charge in [-0.15, -0.1) is 0 Å². The Kier molecular flexibility index (Phi) is 9.33. The third-order valence-corrected chi connectivity index (χ3v) is 11.7. The van der Waals surface area contributed by atoms with E-state index in [2.05, 4.69) is 93.6 Å². The third-order valence-electron chi connectivity index (χ3n) is 6.71. The van der Waals surface area contributed by atoms with Crippen LogP contribution in [0, 0.1) is 5.92 Å². The van der Waals surface area contributed by atoms with Gasteiger partial charge in [-0.2, -0.15) is 0 Å². The van der Waals surface area contributed by atoms with Crippen LogP contribution < -0.4 is 10.4 Å². The van der Waals surface area contributed by atoms with Gasteiger partial charge in [-0.3, -0.25) is 4.79 Å². The number of carbonyl (C=O) groups is 1. The van der Waals surface area contributed by atoms with Crippen molar-refractivity contribution in [2.24, 2.45) is 5.92 Å². The van der Waals surface area contributed by atoms with E-state index in [1.54, 1.807) is 0 Å². The summed E-state index contributed by atoms with van der Waals surface area (Å²) >= 11 is 0. The van der Waals surface area contributed by atoms with E-state index in [1.165, 1.54) is 17.5 Å². The lowest BCUT2D eigenvalue weighted by atomic mass is 10.0. The van der Waals surface area contributed by atoms with Crippen molar-refractivity contribution in [2.45, 2.75) is 77.4 Å². The summed E-state index contributed by atoms with van der Waals surface area (Å²) in [4.78, 5) is 11.6. The Bertz CT molecular complexity index is 958. The zero-order valence-corrected chi connectivity index (χ0v) is 23.8. The van der Waals surface area contributed by atoms with Crippen molar-refractivity contribution in [3.63, 3.8) is 0 Å². The van der Waals surface area contributed by atoms with Crippen LogP contribution in [0.5, 0.6) is 0 Å². The number of carbonyl (C=O) groups excluding carboxylic acids is 1. The minimum absolute atomic E-state index is 0.112. The summed E-state index contributed by atoms with van der Waals surface area (Å²) in [5.41, 5.74) is 0. The highest BCUT2D eigenvalue weighted by Crippen LogP contribution is 2.38. The van der Waals surface area contributed by atoms with Crippen LogP contribution in [0.2, 0.25) is 5.04 Å². The molecule has 0 aliphatic carbocycles. The van der Waals surface area contributed by atoms with Gasteiger partial charge >= 0.3 is 5.97 Å². The fourth-order valence-electron chi connectivity index (χ4n) is 5.02. The Labute approximate surface area is 217 Å². The first-order chi connectivity index (χ1) is 17.0. The van der Waals surface area contributed by atoms with Crippen LogP contribution in [0.3, 0.4) is 0 Å². The molecule has 0 aromatic heterocycles. The molecule has 0 spiro atoms. The monoisotopic (exact) mass is 510 g/mol. The minimum atomic E-state index is -2.68. The van der Waals surface area contributed by atoms with Crippen molar-refractivity contribution in [2.75, 3.05) is 13.7 Å². The smallest absolute Gasteiger partial charge is 0.305 e. The van der Waals surface area contributed by atoms with Gasteiger partial charge in [0.25, 0.3) is 8.32 Å². The standard InChI is InChI=1S/C30H42O5Si/c1-23(21-28(31)32-7)15-14-20-26-27(35-30(5,6)34-26)22-33-36(29(2,3)4,24-16-10-8-11-17-24)25-18-12-9-13-19-25/h8-14,16-20,23,26-27H,15,21-22H2,1-7H3/b20-14+/t23-,26-,27-/m0/s1. The number of ether oxygens (including phenoxy) is 3. The number of esters is 1. The lowest BCUT2D eigenvalue weighted by Crippen LogP contribution is -2.67. The molecule has 36 heavy (non-hydrogen) atoms. The van der Waals surface area contributed by atoms with Crippen molar-refractivity contribution in [1.82, 2.24) is 0 Å². The second-order valence-corrected chi connectivity index (χ2v) is 15.5. The molecular formula is C30H42O5Si. The molecule has 0 saturated carbocycles. The van der Waals surface area contributed by atoms with Gasteiger partial charge in [0.15, 0.2) is 5.79 Å². The number of hydrogen-bond acceptors (Lipinski definition) is 5. The molecule has 2 aromatic rings. The maximum Gasteiger partial charge on any atom is 0.305 e. The molecule has 196 valence electrons. The molecule has 1 aliphatic heterocycles. The Morgan fingerprint density at radius 3 is 2.08 bits per heavy atom. The molecule has 1 heterocycles. The average Bonchev–Trinajstić information content (AvgIpc) is 3.13. The van der Waals surface area contributed by atoms with E-state index in [0.29, 0.717) is 13.0 Å². The number of allylic oxidation sites excluding steroid dienone is 1. The predicted molar refractivity (Wildman–Crippen MR) is 147 cm³/mol. The van der Waals surface area contributed by atoms with Crippen LogP contribution in [-0.4, -0.2) is 46.0 Å². The molecule has 6 heteroatoms. The second kappa shape index (κ2) is 11.9. The first-order valence-corrected chi connectivity index (χ1v) is 14.7. The molecule has 1 aliphatic rings. The number of benzene rings is 2. The van der Waals surface area contributed by atoms with Gasteiger partial charge in [0.1, 0.15) is 12.2 Å². The SMILES string of the molecule is COC(=O)C[C@@H](C)C/C=C/[C@@H]1OC(C)(C)O[C@H]1CO[Si](c1ccccc1)(c1ccccc1)C(C)(C)C. The van der Waals surface area contributed by atoms with Crippen LogP contribution in [0.15, 0.2) is 72.8 Å². The predicted octanol–water partition coefficient (Wildman–Crippen LogP) is 5.23. The zero-order chi connectivity index (χ0) is 26.4. The number of hydrogen-bond donors (Lipinski definition) is 0. The summed E-state index contributed by atoms with van der Waals surface area (Å²) in [6.07, 6.45) is 4.82. The summed E-state index contributed by atoms with van der Waals surface area (Å²) in [7, 11) is -1.25. The molecule has 1 fully saturated rings. The van der Waals surface area contributed by atoms with Crippen LogP contribution in [0.4, 0.5) is 0 Å². The van der Waals surface area contributed by atoms with Crippen molar-refractivity contribution < 1.29 is 23.4 Å². The fraction of sp³-hybridized carbons (Fsp3) is 0.500. The van der Waals surface area contributed by atoms with Crippen molar-refractivity contribution in [1.29, 1.82) is 0 Å². The van der Waals surface area contributed by atoms with Crippen molar-refractivity contribution in [3.05, 3.63) is 72.8 Å². The topological polar surface area (TPSA) is 54.0 Å². The summed E-state index contributed by atoms with van der Waals surface area (Å²) in [6.45, 7) is 13.2. The molecule has 3 rings (SSSR count). The Balaban J connectivity index is 1.86. The molecule has 0 bridgehead atoms. The van der Waals surface area contributed by atoms with Gasteiger partial charge in [-0.1, -0.05) is 101 Å². The lowest BCUT2D eigenvalue weighted by Gasteiger charge is -2.43. The molecule has 5 nitrogen and oxygen atoms in total. The van der Waals surface area contributed by atoms with Gasteiger partial charge in [0.2, 0.25) is 0 Å². The van der Waals surface area contributed by atoms with E-state index in [-0.39, 0.29) is 29.1 Å². The zero-order valence-electron chi connectivity index (χ0n) is 22.8. The van der Waals surface area contributed by atoms with Crippen molar-refractivity contribution >= 4 is 24.7 Å². The number of rotatable bonds is 10. The van der Waals surface area contributed by atoms with Gasteiger partial charge in [-0.05, 0) is 41.6 Å². The van der Waals surface area contributed by atoms with Crippen LogP contribution >= 0.6 is 0 Å². The Morgan fingerprint density at radius 2 is 1.58 bits per heavy atom. The molecule has 0 N–H and O–H groups in total. The van der Waals surface area contributed by atoms with Gasteiger partial charge in [-0.25, -0.2) is 0 Å². The molecule has 2 aromatic carbocycles. The maximum absolute atomic E-state index is 11.6. The van der Waals surface area contributed by atoms with E-state index in [9.17, 15) is 4.79 Å². The first kappa shape index (κ1) is 28.3. The highest BCUT2D eigenvalue weighted by Gasteiger charge is 2.51. The Morgan fingerprint density at radius 1 is 1.03 bits per heavy atom. The van der Waals surface area contributed by atoms with Crippen molar-refractivity contribution in [3.8, 4) is 0 Å². The molecule has 1 saturated heterocycles.